The van der Waals surface area contributed by atoms with Gasteiger partial charge in [0.1, 0.15) is 17.9 Å². The van der Waals surface area contributed by atoms with Gasteiger partial charge in [0.25, 0.3) is 6.43 Å². The highest BCUT2D eigenvalue weighted by Crippen LogP contribution is 2.21. The largest absolute Gasteiger partial charge is 0.487 e. The van der Waals surface area contributed by atoms with Gasteiger partial charge in [0.05, 0.1) is 6.61 Å². The number of hydrogen-bond donors (Lipinski definition) is 0. The van der Waals surface area contributed by atoms with Gasteiger partial charge >= 0.3 is 5.97 Å². The maximum Gasteiger partial charge on any atom is 0.341 e. The smallest absolute Gasteiger partial charge is 0.341 e. The van der Waals surface area contributed by atoms with Gasteiger partial charge < -0.3 is 9.47 Å². The quantitative estimate of drug-likeness (QED) is 0.747. The van der Waals surface area contributed by atoms with Crippen LogP contribution in [0.15, 0.2) is 18.2 Å². The summed E-state index contributed by atoms with van der Waals surface area (Å²) in [6.07, 6.45) is -2.58. The predicted molar refractivity (Wildman–Crippen MR) is 58.6 cm³/mol. The summed E-state index contributed by atoms with van der Waals surface area (Å²) in [5.41, 5.74) is 1.00. The number of halogens is 2. The lowest BCUT2D eigenvalue weighted by atomic mass is 10.1. The maximum absolute atomic E-state index is 12.0. The topological polar surface area (TPSA) is 35.5 Å². The highest BCUT2D eigenvalue weighted by molar-refractivity contribution is 5.92. The lowest BCUT2D eigenvalue weighted by Crippen LogP contribution is -2.12. The molecule has 0 N–H and O–H groups in total. The van der Waals surface area contributed by atoms with E-state index in [0.29, 0.717) is 0 Å². The number of aryl methyl sites for hydroxylation is 1. The van der Waals surface area contributed by atoms with Crippen LogP contribution < -0.4 is 4.74 Å². The Morgan fingerprint density at radius 1 is 1.41 bits per heavy atom. The fraction of sp³-hybridized carbons (Fsp3) is 0.417. The van der Waals surface area contributed by atoms with Crippen LogP contribution in [0.1, 0.15) is 22.8 Å². The zero-order valence-corrected chi connectivity index (χ0v) is 9.70. The molecule has 0 heterocycles. The fourth-order valence-electron chi connectivity index (χ4n) is 1.29. The van der Waals surface area contributed by atoms with E-state index >= 15 is 0 Å². The number of benzene rings is 1. The number of rotatable bonds is 5. The minimum Gasteiger partial charge on any atom is -0.487 e. The van der Waals surface area contributed by atoms with Crippen molar-refractivity contribution in [2.24, 2.45) is 0 Å². The van der Waals surface area contributed by atoms with Gasteiger partial charge in [0.15, 0.2) is 0 Å². The predicted octanol–water partition coefficient (Wildman–Crippen LogP) is 2.82. The van der Waals surface area contributed by atoms with Crippen molar-refractivity contribution in [2.75, 3.05) is 13.2 Å². The summed E-state index contributed by atoms with van der Waals surface area (Å²) in [6.45, 7) is 2.95. The molecule has 0 saturated heterocycles. The molecule has 0 radical (unpaired) electrons. The summed E-state index contributed by atoms with van der Waals surface area (Å²) in [5.74, 6) is -0.449. The van der Waals surface area contributed by atoms with E-state index in [0.717, 1.165) is 5.56 Å². The van der Waals surface area contributed by atoms with Gasteiger partial charge in [-0.3, -0.25) is 0 Å². The average Bonchev–Trinajstić information content (AvgIpc) is 2.27. The van der Waals surface area contributed by atoms with Crippen molar-refractivity contribution in [3.8, 4) is 5.75 Å². The third kappa shape index (κ3) is 4.01. The van der Waals surface area contributed by atoms with Crippen LogP contribution in [-0.2, 0) is 4.74 Å². The van der Waals surface area contributed by atoms with Crippen molar-refractivity contribution in [2.45, 2.75) is 20.3 Å². The van der Waals surface area contributed by atoms with Crippen molar-refractivity contribution in [3.05, 3.63) is 29.3 Å². The van der Waals surface area contributed by atoms with Crippen LogP contribution in [0.2, 0.25) is 0 Å². The first-order valence-corrected chi connectivity index (χ1v) is 5.23. The number of alkyl halides is 2. The molecule has 1 aromatic carbocycles. The Labute approximate surface area is 98.3 Å². The second kappa shape index (κ2) is 6.18. The van der Waals surface area contributed by atoms with Crippen LogP contribution >= 0.6 is 0 Å². The van der Waals surface area contributed by atoms with E-state index in [1.165, 1.54) is 6.07 Å². The normalized spacial score (nSPS) is 10.4. The van der Waals surface area contributed by atoms with Gasteiger partial charge in [0, 0.05) is 0 Å². The summed E-state index contributed by atoms with van der Waals surface area (Å²) in [6, 6.07) is 4.73. The molecule has 0 aliphatic carbocycles. The van der Waals surface area contributed by atoms with E-state index < -0.39 is 19.0 Å². The molecule has 0 saturated carbocycles. The van der Waals surface area contributed by atoms with Gasteiger partial charge in [0.2, 0.25) is 0 Å². The van der Waals surface area contributed by atoms with Crippen LogP contribution in [0.25, 0.3) is 0 Å². The van der Waals surface area contributed by atoms with E-state index in [4.69, 9.17) is 9.47 Å². The van der Waals surface area contributed by atoms with Gasteiger partial charge in [-0.25, -0.2) is 13.6 Å². The Hall–Kier alpha value is -1.65. The number of carbonyl (C=O) groups is 1. The average molecular weight is 244 g/mol. The molecule has 0 spiro atoms. The van der Waals surface area contributed by atoms with Crippen molar-refractivity contribution >= 4 is 5.97 Å². The zero-order valence-electron chi connectivity index (χ0n) is 9.70. The van der Waals surface area contributed by atoms with Crippen molar-refractivity contribution in [1.29, 1.82) is 0 Å². The molecule has 0 aliphatic rings. The van der Waals surface area contributed by atoms with Crippen LogP contribution in [0.5, 0.6) is 5.75 Å². The molecule has 0 amide bonds. The number of carbonyl (C=O) groups excluding carboxylic acids is 1. The Morgan fingerprint density at radius 2 is 2.12 bits per heavy atom. The third-order valence-corrected chi connectivity index (χ3v) is 2.00. The van der Waals surface area contributed by atoms with Crippen molar-refractivity contribution in [1.82, 2.24) is 0 Å². The molecule has 0 fully saturated rings. The van der Waals surface area contributed by atoms with Crippen LogP contribution in [0, 0.1) is 6.92 Å². The molecule has 0 aliphatic heterocycles. The Bertz CT molecular complexity index is 391. The molecule has 0 aromatic heterocycles. The van der Waals surface area contributed by atoms with E-state index in [1.54, 1.807) is 26.0 Å². The van der Waals surface area contributed by atoms with E-state index in [-0.39, 0.29) is 17.9 Å². The van der Waals surface area contributed by atoms with Gasteiger partial charge in [-0.1, -0.05) is 11.6 Å². The first-order chi connectivity index (χ1) is 8.04. The monoisotopic (exact) mass is 244 g/mol. The summed E-state index contributed by atoms with van der Waals surface area (Å²) in [4.78, 5) is 11.6. The molecule has 0 bridgehead atoms. The fourth-order valence-corrected chi connectivity index (χ4v) is 1.29. The number of hydrogen-bond acceptors (Lipinski definition) is 3. The Balaban J connectivity index is 2.91. The van der Waals surface area contributed by atoms with E-state index in [1.807, 2.05) is 0 Å². The van der Waals surface area contributed by atoms with E-state index in [2.05, 4.69) is 0 Å². The van der Waals surface area contributed by atoms with E-state index in [9.17, 15) is 13.6 Å². The third-order valence-electron chi connectivity index (χ3n) is 2.00. The minimum absolute atomic E-state index is 0.120. The minimum atomic E-state index is -2.58. The molecular formula is C12H14F2O3. The standard InChI is InChI=1S/C12H14F2O3/c1-3-16-12(15)9-6-8(2)4-5-10(9)17-7-11(13)14/h4-6,11H,3,7H2,1-2H3. The summed E-state index contributed by atoms with van der Waals surface area (Å²) in [7, 11) is 0. The molecule has 0 unspecified atom stereocenters. The first-order valence-electron chi connectivity index (χ1n) is 5.23. The summed E-state index contributed by atoms with van der Waals surface area (Å²) < 4.78 is 33.8. The number of esters is 1. The summed E-state index contributed by atoms with van der Waals surface area (Å²) in [5, 5.41) is 0. The van der Waals surface area contributed by atoms with Gasteiger partial charge in [-0.2, -0.15) is 0 Å². The van der Waals surface area contributed by atoms with Crippen LogP contribution in [0.3, 0.4) is 0 Å². The lowest BCUT2D eigenvalue weighted by molar-refractivity contribution is 0.0508. The first kappa shape index (κ1) is 13.4. The molecule has 1 rings (SSSR count). The molecule has 5 heteroatoms. The Morgan fingerprint density at radius 3 is 2.71 bits per heavy atom. The number of ether oxygens (including phenoxy) is 2. The van der Waals surface area contributed by atoms with Gasteiger partial charge in [-0.05, 0) is 26.0 Å². The van der Waals surface area contributed by atoms with Crippen LogP contribution in [0.4, 0.5) is 8.78 Å². The maximum atomic E-state index is 12.0. The molecule has 3 nitrogen and oxygen atoms in total. The second-order valence-corrected chi connectivity index (χ2v) is 3.42. The van der Waals surface area contributed by atoms with Gasteiger partial charge in [-0.15, -0.1) is 0 Å². The highest BCUT2D eigenvalue weighted by atomic mass is 19.3. The second-order valence-electron chi connectivity index (χ2n) is 3.42. The highest BCUT2D eigenvalue weighted by Gasteiger charge is 2.15. The zero-order chi connectivity index (χ0) is 12.8. The van der Waals surface area contributed by atoms with Crippen LogP contribution in [-0.4, -0.2) is 25.6 Å². The Kier molecular flexibility index (Phi) is 4.87. The molecule has 17 heavy (non-hydrogen) atoms. The lowest BCUT2D eigenvalue weighted by Gasteiger charge is -2.11. The summed E-state index contributed by atoms with van der Waals surface area (Å²) >= 11 is 0. The molecule has 0 atom stereocenters. The van der Waals surface area contributed by atoms with Crippen molar-refractivity contribution < 1.29 is 23.0 Å². The molecular weight excluding hydrogens is 230 g/mol. The SMILES string of the molecule is CCOC(=O)c1cc(C)ccc1OCC(F)F. The van der Waals surface area contributed by atoms with Crippen molar-refractivity contribution in [3.63, 3.8) is 0 Å². The molecule has 1 aromatic rings. The molecule has 94 valence electrons.